The van der Waals surface area contributed by atoms with Crippen LogP contribution in [0, 0.1) is 6.92 Å². The van der Waals surface area contributed by atoms with Crippen molar-refractivity contribution in [1.29, 1.82) is 0 Å². The van der Waals surface area contributed by atoms with Gasteiger partial charge in [0.05, 0.1) is 35.9 Å². The Morgan fingerprint density at radius 1 is 1.00 bits per heavy atom. The van der Waals surface area contributed by atoms with Crippen LogP contribution in [0.4, 0.5) is 0 Å². The average molecular weight is 368 g/mol. The van der Waals surface area contributed by atoms with Crippen LogP contribution in [0.5, 0.6) is 11.5 Å². The van der Waals surface area contributed by atoms with E-state index in [0.717, 1.165) is 21.9 Å². The minimum absolute atomic E-state index is 0.107. The summed E-state index contributed by atoms with van der Waals surface area (Å²) < 4.78 is 36.0. The van der Waals surface area contributed by atoms with Gasteiger partial charge in [-0.2, -0.15) is 8.42 Å². The first-order chi connectivity index (χ1) is 12.5. The van der Waals surface area contributed by atoms with Gasteiger partial charge in [-0.15, -0.1) is 0 Å². The molecule has 26 heavy (non-hydrogen) atoms. The second-order valence-corrected chi connectivity index (χ2v) is 7.46. The number of ether oxygens (including phenoxy) is 1. The van der Waals surface area contributed by atoms with Gasteiger partial charge in [-0.1, -0.05) is 29.8 Å². The largest absolute Gasteiger partial charge is 0.494 e. The zero-order chi connectivity index (χ0) is 18.3. The van der Waals surface area contributed by atoms with Gasteiger partial charge in [0.2, 0.25) is 0 Å². The highest BCUT2D eigenvalue weighted by atomic mass is 32.2. The highest BCUT2D eigenvalue weighted by Gasteiger charge is 2.20. The van der Waals surface area contributed by atoms with Gasteiger partial charge in [-0.3, -0.25) is 4.98 Å². The van der Waals surface area contributed by atoms with Crippen molar-refractivity contribution in [2.45, 2.75) is 11.8 Å². The number of nitrogens with one attached hydrogen (secondary N) is 1. The number of aryl methyl sites for hydroxylation is 1. The van der Waals surface area contributed by atoms with Crippen molar-refractivity contribution in [2.24, 2.45) is 0 Å². The predicted molar refractivity (Wildman–Crippen MR) is 99.1 cm³/mol. The number of aromatic nitrogens is 2. The Balaban J connectivity index is 1.86. The minimum atomic E-state index is -3.94. The lowest BCUT2D eigenvalue weighted by Gasteiger charge is -2.08. The normalized spacial score (nSPS) is 11.8. The second-order valence-electron chi connectivity index (χ2n) is 5.92. The van der Waals surface area contributed by atoms with Gasteiger partial charge in [0, 0.05) is 5.39 Å². The fourth-order valence-corrected chi connectivity index (χ4v) is 3.85. The summed E-state index contributed by atoms with van der Waals surface area (Å²) in [6.07, 6.45) is 3.28. The van der Waals surface area contributed by atoms with Gasteiger partial charge in [0.1, 0.15) is 10.6 Å². The molecule has 0 saturated heterocycles. The van der Waals surface area contributed by atoms with E-state index in [1.165, 1.54) is 12.1 Å². The maximum atomic E-state index is 12.6. The molecule has 4 rings (SSSR count). The fourth-order valence-electron chi connectivity index (χ4n) is 2.91. The number of pyridine rings is 1. The Labute approximate surface area is 150 Å². The number of para-hydroxylation sites is 1. The molecule has 2 heterocycles. The fraction of sp³-hybridized carbons (Fsp3) is 0.105. The molecule has 0 spiro atoms. The lowest BCUT2D eigenvalue weighted by atomic mass is 10.1. The van der Waals surface area contributed by atoms with Crippen molar-refractivity contribution in [3.8, 4) is 11.5 Å². The summed E-state index contributed by atoms with van der Waals surface area (Å²) in [5.74, 6) is 0.827. The SMILES string of the molecule is COc1cncc2[nH]c3c(OS(=O)(=O)c4ccc(C)cc4)cccc3c12. The molecule has 0 aliphatic heterocycles. The molecule has 0 aliphatic rings. The number of rotatable bonds is 4. The van der Waals surface area contributed by atoms with Crippen LogP contribution >= 0.6 is 0 Å². The molecule has 0 aliphatic carbocycles. The van der Waals surface area contributed by atoms with Crippen LogP contribution in [0.25, 0.3) is 21.8 Å². The summed E-state index contributed by atoms with van der Waals surface area (Å²) in [7, 11) is -2.37. The Morgan fingerprint density at radius 3 is 2.50 bits per heavy atom. The summed E-state index contributed by atoms with van der Waals surface area (Å²) in [6, 6.07) is 11.8. The van der Waals surface area contributed by atoms with Gasteiger partial charge in [0.25, 0.3) is 0 Å². The highest BCUT2D eigenvalue weighted by molar-refractivity contribution is 7.87. The Bertz CT molecular complexity index is 1210. The number of benzene rings is 2. The van der Waals surface area contributed by atoms with E-state index in [-0.39, 0.29) is 10.6 Å². The van der Waals surface area contributed by atoms with Crippen molar-refractivity contribution < 1.29 is 17.3 Å². The lowest BCUT2D eigenvalue weighted by molar-refractivity contribution is 0.418. The number of H-pyrrole nitrogens is 1. The minimum Gasteiger partial charge on any atom is -0.494 e. The third-order valence-corrected chi connectivity index (χ3v) is 5.44. The first kappa shape index (κ1) is 16.4. The Kier molecular flexibility index (Phi) is 3.81. The maximum absolute atomic E-state index is 12.6. The highest BCUT2D eigenvalue weighted by Crippen LogP contribution is 2.36. The maximum Gasteiger partial charge on any atom is 0.339 e. The Morgan fingerprint density at radius 2 is 1.77 bits per heavy atom. The van der Waals surface area contributed by atoms with Gasteiger partial charge in [0.15, 0.2) is 5.75 Å². The quantitative estimate of drug-likeness (QED) is 0.554. The second kappa shape index (κ2) is 6.03. The lowest BCUT2D eigenvalue weighted by Crippen LogP contribution is -2.09. The number of methoxy groups -OCH3 is 1. The van der Waals surface area contributed by atoms with Crippen molar-refractivity contribution in [3.05, 3.63) is 60.4 Å². The molecular weight excluding hydrogens is 352 g/mol. The van der Waals surface area contributed by atoms with Crippen LogP contribution in [0.2, 0.25) is 0 Å². The van der Waals surface area contributed by atoms with Crippen molar-refractivity contribution >= 4 is 31.9 Å². The van der Waals surface area contributed by atoms with Crippen molar-refractivity contribution in [2.75, 3.05) is 7.11 Å². The van der Waals surface area contributed by atoms with Crippen LogP contribution in [0.3, 0.4) is 0 Å². The third kappa shape index (κ3) is 2.66. The van der Waals surface area contributed by atoms with E-state index < -0.39 is 10.1 Å². The third-order valence-electron chi connectivity index (χ3n) is 4.20. The van der Waals surface area contributed by atoms with Gasteiger partial charge in [-0.25, -0.2) is 0 Å². The number of hydrogen-bond acceptors (Lipinski definition) is 5. The first-order valence-electron chi connectivity index (χ1n) is 7.93. The monoisotopic (exact) mass is 368 g/mol. The van der Waals surface area contributed by atoms with E-state index in [9.17, 15) is 8.42 Å². The molecule has 2 aromatic carbocycles. The molecule has 1 N–H and O–H groups in total. The number of nitrogens with zero attached hydrogens (tertiary/aromatic N) is 1. The van der Waals surface area contributed by atoms with E-state index in [1.54, 1.807) is 43.8 Å². The summed E-state index contributed by atoms with van der Waals surface area (Å²) >= 11 is 0. The smallest absolute Gasteiger partial charge is 0.339 e. The molecular formula is C19H16N2O4S. The molecule has 0 amide bonds. The van der Waals surface area contributed by atoms with Crippen LogP contribution < -0.4 is 8.92 Å². The van der Waals surface area contributed by atoms with E-state index >= 15 is 0 Å². The van der Waals surface area contributed by atoms with Crippen LogP contribution in [-0.2, 0) is 10.1 Å². The van der Waals surface area contributed by atoms with Gasteiger partial charge >= 0.3 is 10.1 Å². The number of fused-ring (bicyclic) bond motifs is 3. The van der Waals surface area contributed by atoms with Gasteiger partial charge < -0.3 is 13.9 Å². The molecule has 7 heteroatoms. The molecule has 0 fully saturated rings. The topological polar surface area (TPSA) is 81.3 Å². The zero-order valence-electron chi connectivity index (χ0n) is 14.2. The van der Waals surface area contributed by atoms with Crippen molar-refractivity contribution in [3.63, 3.8) is 0 Å². The van der Waals surface area contributed by atoms with E-state index in [4.69, 9.17) is 8.92 Å². The zero-order valence-corrected chi connectivity index (χ0v) is 15.0. The molecule has 2 aromatic heterocycles. The summed E-state index contributed by atoms with van der Waals surface area (Å²) in [4.78, 5) is 7.40. The van der Waals surface area contributed by atoms with Crippen LogP contribution in [0.1, 0.15) is 5.56 Å². The van der Waals surface area contributed by atoms with E-state index in [0.29, 0.717) is 11.3 Å². The molecule has 0 saturated carbocycles. The molecule has 0 bridgehead atoms. The van der Waals surface area contributed by atoms with E-state index in [1.807, 2.05) is 13.0 Å². The molecule has 132 valence electrons. The molecule has 4 aromatic rings. The first-order valence-corrected chi connectivity index (χ1v) is 9.34. The molecule has 0 unspecified atom stereocenters. The van der Waals surface area contributed by atoms with Gasteiger partial charge in [-0.05, 0) is 25.1 Å². The van der Waals surface area contributed by atoms with E-state index in [2.05, 4.69) is 9.97 Å². The predicted octanol–water partition coefficient (Wildman–Crippen LogP) is 3.80. The number of aromatic amines is 1. The molecule has 6 nitrogen and oxygen atoms in total. The summed E-state index contributed by atoms with van der Waals surface area (Å²) in [6.45, 7) is 1.89. The van der Waals surface area contributed by atoms with Crippen molar-refractivity contribution in [1.82, 2.24) is 9.97 Å². The summed E-state index contributed by atoms with van der Waals surface area (Å²) in [5.41, 5.74) is 2.29. The summed E-state index contributed by atoms with van der Waals surface area (Å²) in [5, 5.41) is 1.63. The molecule has 0 atom stereocenters. The number of hydrogen-bond donors (Lipinski definition) is 1. The molecule has 0 radical (unpaired) electrons. The standard InChI is InChI=1S/C19H16N2O4S/c1-12-6-8-13(9-7-12)26(22,23)25-16-5-3-4-14-18-15(21-19(14)16)10-20-11-17(18)24-2/h3-11,21H,1-2H3. The average Bonchev–Trinajstić information content (AvgIpc) is 3.02. The van der Waals surface area contributed by atoms with Crippen LogP contribution in [0.15, 0.2) is 59.8 Å². The van der Waals surface area contributed by atoms with Crippen LogP contribution in [-0.4, -0.2) is 25.5 Å². The Hall–Kier alpha value is -3.06.